The van der Waals surface area contributed by atoms with Gasteiger partial charge in [0.25, 0.3) is 5.78 Å². The molecule has 3 aromatic carbocycles. The summed E-state index contributed by atoms with van der Waals surface area (Å²) in [4.78, 5) is 28.9. The van der Waals surface area contributed by atoms with E-state index in [9.17, 15) is 14.7 Å². The Morgan fingerprint density at radius 2 is 1.87 bits per heavy atom. The maximum atomic E-state index is 13.8. The van der Waals surface area contributed by atoms with Gasteiger partial charge in [-0.05, 0) is 67.3 Å². The van der Waals surface area contributed by atoms with Crippen molar-refractivity contribution < 1.29 is 28.9 Å². The third kappa shape index (κ3) is 6.47. The Morgan fingerprint density at radius 1 is 1.04 bits per heavy atom. The average molecular weight is 658 g/mol. The van der Waals surface area contributed by atoms with Gasteiger partial charge in [-0.25, -0.2) is 0 Å². The lowest BCUT2D eigenvalue weighted by atomic mass is 9.94. The minimum atomic E-state index is -0.979. The second-order valence-electron chi connectivity index (χ2n) is 11.1. The molecular weight excluding hydrogens is 623 g/mol. The zero-order valence-corrected chi connectivity index (χ0v) is 27.5. The fourth-order valence-electron chi connectivity index (χ4n) is 5.56. The maximum absolute atomic E-state index is 13.8. The Balaban J connectivity index is 1.42. The number of ketones is 1. The van der Waals surface area contributed by atoms with Crippen molar-refractivity contribution in [2.24, 2.45) is 0 Å². The fraction of sp³-hybridized carbons (Fsp3) is 0.314. The molecule has 9 nitrogen and oxygen atoms in total. The predicted octanol–water partition coefficient (Wildman–Crippen LogP) is 7.36. The van der Waals surface area contributed by atoms with Gasteiger partial charge in [-0.2, -0.15) is 0 Å². The second kappa shape index (κ2) is 14.0. The highest BCUT2D eigenvalue weighted by Gasteiger charge is 2.48. The van der Waals surface area contributed by atoms with Crippen molar-refractivity contribution in [3.05, 3.63) is 94.6 Å². The number of aliphatic hydroxyl groups is 1. The second-order valence-corrected chi connectivity index (χ2v) is 13.3. The van der Waals surface area contributed by atoms with E-state index in [4.69, 9.17) is 14.2 Å². The summed E-state index contributed by atoms with van der Waals surface area (Å²) in [5.74, 6) is 0.619. The minimum Gasteiger partial charge on any atom is -0.507 e. The molecule has 4 aromatic rings. The van der Waals surface area contributed by atoms with Gasteiger partial charge in [-0.1, -0.05) is 72.8 Å². The topological polar surface area (TPSA) is 111 Å². The Kier molecular flexibility index (Phi) is 9.60. The molecule has 1 N–H and O–H groups in total. The maximum Gasteiger partial charge on any atom is 0.301 e. The number of benzene rings is 3. The van der Waals surface area contributed by atoms with Crippen molar-refractivity contribution in [1.82, 2.24) is 10.2 Å². The standard InChI is InChI=1S/C35H35N3O6S2/c1-4-6-16-43-27-15-12-23(19-28(27)42-5-2)30-29(31(39)24-13-14-26-25(18-24)17-21(3)44-26)32(40)33(41)38(30)34-36-37-35(46-34)45-20-22-10-8-7-9-11-22/h7-15,18-19,21,30,39H,4-6,16-17,20H2,1-3H3/t21-,30-/m0/s1. The van der Waals surface area contributed by atoms with Gasteiger partial charge in [0.1, 0.15) is 17.6 Å². The molecule has 0 spiro atoms. The Hall–Kier alpha value is -4.35. The van der Waals surface area contributed by atoms with E-state index < -0.39 is 17.7 Å². The molecule has 0 saturated carbocycles. The van der Waals surface area contributed by atoms with Crippen LogP contribution in [0.1, 0.15) is 61.9 Å². The number of amides is 1. The van der Waals surface area contributed by atoms with E-state index in [0.717, 1.165) is 29.7 Å². The lowest BCUT2D eigenvalue weighted by Gasteiger charge is -2.23. The van der Waals surface area contributed by atoms with Crippen molar-refractivity contribution in [2.45, 2.75) is 62.3 Å². The highest BCUT2D eigenvalue weighted by molar-refractivity contribution is 8.00. The molecule has 2 aliphatic heterocycles. The molecule has 1 fully saturated rings. The number of hydrogen-bond donors (Lipinski definition) is 1. The lowest BCUT2D eigenvalue weighted by molar-refractivity contribution is -0.132. The van der Waals surface area contributed by atoms with Crippen LogP contribution in [0.5, 0.6) is 17.2 Å². The van der Waals surface area contributed by atoms with Crippen LogP contribution < -0.4 is 19.1 Å². The molecule has 0 unspecified atom stereocenters. The summed E-state index contributed by atoms with van der Waals surface area (Å²) >= 11 is 2.73. The van der Waals surface area contributed by atoms with E-state index in [-0.39, 0.29) is 22.6 Å². The number of thioether (sulfide) groups is 1. The van der Waals surface area contributed by atoms with Crippen molar-refractivity contribution in [2.75, 3.05) is 18.1 Å². The van der Waals surface area contributed by atoms with Crippen LogP contribution in [-0.4, -0.2) is 46.3 Å². The first-order chi connectivity index (χ1) is 22.4. The number of fused-ring (bicyclic) bond motifs is 1. The third-order valence-electron chi connectivity index (χ3n) is 7.76. The number of Topliss-reactive ketones (excluding diaryl/α,β-unsaturated/α-hetero) is 1. The molecule has 46 heavy (non-hydrogen) atoms. The van der Waals surface area contributed by atoms with Gasteiger partial charge in [0.2, 0.25) is 5.13 Å². The van der Waals surface area contributed by atoms with Crippen LogP contribution in [-0.2, 0) is 21.8 Å². The largest absolute Gasteiger partial charge is 0.507 e. The first-order valence-corrected chi connectivity index (χ1v) is 17.2. The van der Waals surface area contributed by atoms with Gasteiger partial charge in [-0.3, -0.25) is 14.5 Å². The Bertz CT molecular complexity index is 1770. The molecule has 0 bridgehead atoms. The minimum absolute atomic E-state index is 0.0133. The van der Waals surface area contributed by atoms with Gasteiger partial charge in [0, 0.05) is 17.7 Å². The van der Waals surface area contributed by atoms with Crippen LogP contribution in [0.4, 0.5) is 5.13 Å². The Morgan fingerprint density at radius 3 is 2.65 bits per heavy atom. The summed E-state index contributed by atoms with van der Waals surface area (Å²) < 4.78 is 18.4. The number of hydrogen-bond acceptors (Lipinski definition) is 10. The van der Waals surface area contributed by atoms with Crippen LogP contribution in [0.3, 0.4) is 0 Å². The van der Waals surface area contributed by atoms with Gasteiger partial charge in [0.15, 0.2) is 15.8 Å². The molecule has 2 atom stereocenters. The number of aromatic nitrogens is 2. The highest BCUT2D eigenvalue weighted by Crippen LogP contribution is 2.46. The average Bonchev–Trinajstić information content (AvgIpc) is 3.75. The molecular formula is C35H35N3O6S2. The van der Waals surface area contributed by atoms with E-state index in [1.165, 1.54) is 28.0 Å². The van der Waals surface area contributed by atoms with E-state index in [0.29, 0.717) is 52.4 Å². The molecule has 6 rings (SSSR count). The van der Waals surface area contributed by atoms with Gasteiger partial charge in [0.05, 0.1) is 24.8 Å². The number of carbonyl (C=O) groups excluding carboxylic acids is 2. The molecule has 238 valence electrons. The summed E-state index contributed by atoms with van der Waals surface area (Å²) in [6, 6.07) is 19.7. The van der Waals surface area contributed by atoms with Crippen LogP contribution in [0.25, 0.3) is 5.76 Å². The van der Waals surface area contributed by atoms with Crippen molar-refractivity contribution in [3.63, 3.8) is 0 Å². The monoisotopic (exact) mass is 657 g/mol. The number of carbonyl (C=O) groups is 2. The SMILES string of the molecule is CCCCOc1ccc([C@H]2C(=C(O)c3ccc4c(c3)C[C@H](C)O4)C(=O)C(=O)N2c2nnc(SCc3ccccc3)s2)cc1OCC. The van der Waals surface area contributed by atoms with E-state index in [2.05, 4.69) is 17.1 Å². The van der Waals surface area contributed by atoms with Crippen LogP contribution >= 0.6 is 23.1 Å². The molecule has 0 radical (unpaired) electrons. The molecule has 0 aliphatic carbocycles. The highest BCUT2D eigenvalue weighted by atomic mass is 32.2. The zero-order valence-electron chi connectivity index (χ0n) is 25.9. The van der Waals surface area contributed by atoms with Crippen LogP contribution in [0.15, 0.2) is 76.6 Å². The zero-order chi connectivity index (χ0) is 32.2. The predicted molar refractivity (Wildman–Crippen MR) is 179 cm³/mol. The smallest absolute Gasteiger partial charge is 0.301 e. The Labute approximate surface area is 276 Å². The molecule has 1 amide bonds. The first kappa shape index (κ1) is 31.6. The van der Waals surface area contributed by atoms with Crippen molar-refractivity contribution in [3.8, 4) is 17.2 Å². The number of rotatable bonds is 12. The summed E-state index contributed by atoms with van der Waals surface area (Å²) in [5, 5.41) is 20.7. The van der Waals surface area contributed by atoms with Crippen LogP contribution in [0.2, 0.25) is 0 Å². The molecule has 3 heterocycles. The van der Waals surface area contributed by atoms with Crippen molar-refractivity contribution >= 4 is 45.7 Å². The molecule has 11 heteroatoms. The van der Waals surface area contributed by atoms with Gasteiger partial charge in [-0.15, -0.1) is 10.2 Å². The number of ether oxygens (including phenoxy) is 3. The van der Waals surface area contributed by atoms with E-state index >= 15 is 0 Å². The lowest BCUT2D eigenvalue weighted by Crippen LogP contribution is -2.29. The van der Waals surface area contributed by atoms with Crippen molar-refractivity contribution in [1.29, 1.82) is 0 Å². The molecule has 2 aliphatic rings. The molecule has 1 aromatic heterocycles. The first-order valence-electron chi connectivity index (χ1n) is 15.4. The normalized spacial score (nSPS) is 18.5. The van der Waals surface area contributed by atoms with Crippen LogP contribution in [0, 0.1) is 0 Å². The summed E-state index contributed by atoms with van der Waals surface area (Å²) in [6.45, 7) is 6.87. The summed E-state index contributed by atoms with van der Waals surface area (Å²) in [5.41, 5.74) is 3.02. The van der Waals surface area contributed by atoms with Gasteiger partial charge < -0.3 is 19.3 Å². The quantitative estimate of drug-likeness (QED) is 0.0417. The number of anilines is 1. The summed E-state index contributed by atoms with van der Waals surface area (Å²) in [6.07, 6.45) is 2.57. The summed E-state index contributed by atoms with van der Waals surface area (Å²) in [7, 11) is 0. The molecule has 1 saturated heterocycles. The fourth-order valence-corrected chi connectivity index (χ4v) is 7.38. The van der Waals surface area contributed by atoms with E-state index in [1.54, 1.807) is 30.3 Å². The van der Waals surface area contributed by atoms with E-state index in [1.807, 2.05) is 50.2 Å². The number of nitrogens with zero attached hydrogens (tertiary/aromatic N) is 3. The number of unbranched alkanes of at least 4 members (excludes halogenated alkanes) is 1. The van der Waals surface area contributed by atoms with Gasteiger partial charge >= 0.3 is 5.91 Å². The number of aliphatic hydroxyl groups excluding tert-OH is 1. The third-order valence-corrected chi connectivity index (χ3v) is 9.89.